The second-order valence-electron chi connectivity index (χ2n) is 4.27. The smallest absolute Gasteiger partial charge is 0.0670 e. The lowest BCUT2D eigenvalue weighted by molar-refractivity contribution is 1.12. The van der Waals surface area contributed by atoms with Crippen molar-refractivity contribution in [1.29, 1.82) is 0 Å². The number of halogens is 2. The van der Waals surface area contributed by atoms with Crippen LogP contribution in [0.4, 0.5) is 5.69 Å². The number of rotatable bonds is 3. The quantitative estimate of drug-likeness (QED) is 0.747. The number of H-pyrrole nitrogens is 1. The Bertz CT molecular complexity index is 722. The third kappa shape index (κ3) is 2.67. The molecular formula is C14H11Cl2N3. The Hall–Kier alpha value is -1.71. The number of anilines is 1. The number of benzene rings is 2. The molecule has 0 atom stereocenters. The van der Waals surface area contributed by atoms with Crippen molar-refractivity contribution in [3.05, 3.63) is 58.2 Å². The fourth-order valence-corrected chi connectivity index (χ4v) is 2.22. The largest absolute Gasteiger partial charge is 0.381 e. The average molecular weight is 292 g/mol. The molecule has 1 heterocycles. The highest BCUT2D eigenvalue weighted by Gasteiger charge is 2.01. The van der Waals surface area contributed by atoms with Crippen molar-refractivity contribution in [2.24, 2.45) is 0 Å². The van der Waals surface area contributed by atoms with E-state index in [1.807, 2.05) is 30.3 Å². The topological polar surface area (TPSA) is 40.7 Å². The van der Waals surface area contributed by atoms with Crippen molar-refractivity contribution in [3.8, 4) is 0 Å². The summed E-state index contributed by atoms with van der Waals surface area (Å²) in [6.07, 6.45) is 1.80. The van der Waals surface area contributed by atoms with Gasteiger partial charge in [0, 0.05) is 17.6 Å². The highest BCUT2D eigenvalue weighted by atomic mass is 35.5. The molecule has 0 spiro atoms. The van der Waals surface area contributed by atoms with Crippen LogP contribution in [0, 0.1) is 0 Å². The first kappa shape index (κ1) is 12.3. The maximum atomic E-state index is 5.99. The van der Waals surface area contributed by atoms with Crippen LogP contribution in [0.15, 0.2) is 42.6 Å². The van der Waals surface area contributed by atoms with Gasteiger partial charge in [-0.1, -0.05) is 29.3 Å². The third-order valence-corrected chi connectivity index (χ3v) is 3.66. The zero-order valence-electron chi connectivity index (χ0n) is 9.95. The van der Waals surface area contributed by atoms with Gasteiger partial charge in [-0.2, -0.15) is 5.10 Å². The van der Waals surface area contributed by atoms with Gasteiger partial charge in [0.2, 0.25) is 0 Å². The molecule has 0 aliphatic carbocycles. The number of nitrogens with zero attached hydrogens (tertiary/aromatic N) is 1. The molecule has 2 aromatic carbocycles. The van der Waals surface area contributed by atoms with Crippen LogP contribution < -0.4 is 5.32 Å². The molecule has 5 heteroatoms. The van der Waals surface area contributed by atoms with E-state index in [1.54, 1.807) is 12.3 Å². The van der Waals surface area contributed by atoms with Crippen LogP contribution in [0.2, 0.25) is 10.0 Å². The molecule has 0 unspecified atom stereocenters. The third-order valence-electron chi connectivity index (χ3n) is 2.92. The molecule has 0 bridgehead atoms. The molecule has 0 fully saturated rings. The fourth-order valence-electron chi connectivity index (χ4n) is 1.90. The van der Waals surface area contributed by atoms with E-state index in [0.29, 0.717) is 16.6 Å². The summed E-state index contributed by atoms with van der Waals surface area (Å²) in [5.41, 5.74) is 3.13. The van der Waals surface area contributed by atoms with Crippen molar-refractivity contribution in [2.75, 3.05) is 5.32 Å². The van der Waals surface area contributed by atoms with E-state index in [-0.39, 0.29) is 0 Å². The van der Waals surface area contributed by atoms with E-state index in [2.05, 4.69) is 15.5 Å². The number of fused-ring (bicyclic) bond motifs is 1. The maximum absolute atomic E-state index is 5.99. The molecule has 96 valence electrons. The van der Waals surface area contributed by atoms with E-state index in [9.17, 15) is 0 Å². The van der Waals surface area contributed by atoms with Crippen LogP contribution in [0.25, 0.3) is 10.9 Å². The molecule has 3 aromatic rings. The Morgan fingerprint density at radius 3 is 2.79 bits per heavy atom. The second-order valence-corrected chi connectivity index (χ2v) is 5.09. The Labute approximate surface area is 120 Å². The molecule has 3 rings (SSSR count). The molecule has 1 aromatic heterocycles. The number of aromatic amines is 1. The van der Waals surface area contributed by atoms with Crippen LogP contribution in [0.5, 0.6) is 0 Å². The Balaban J connectivity index is 1.75. The highest BCUT2D eigenvalue weighted by molar-refractivity contribution is 6.42. The molecule has 3 nitrogen and oxygen atoms in total. The zero-order valence-corrected chi connectivity index (χ0v) is 11.5. The van der Waals surface area contributed by atoms with Crippen LogP contribution in [0.1, 0.15) is 5.56 Å². The van der Waals surface area contributed by atoms with E-state index in [0.717, 1.165) is 22.2 Å². The number of hydrogen-bond donors (Lipinski definition) is 2. The van der Waals surface area contributed by atoms with Crippen LogP contribution >= 0.6 is 23.2 Å². The molecule has 2 N–H and O–H groups in total. The predicted octanol–water partition coefficient (Wildman–Crippen LogP) is 4.48. The minimum Gasteiger partial charge on any atom is -0.381 e. The minimum atomic E-state index is 0.573. The molecule has 0 saturated carbocycles. The van der Waals surface area contributed by atoms with E-state index >= 15 is 0 Å². The lowest BCUT2D eigenvalue weighted by atomic mass is 10.2. The summed E-state index contributed by atoms with van der Waals surface area (Å²) in [5, 5.41) is 12.5. The van der Waals surface area contributed by atoms with Gasteiger partial charge in [0.1, 0.15) is 0 Å². The number of aromatic nitrogens is 2. The second kappa shape index (κ2) is 5.11. The zero-order chi connectivity index (χ0) is 13.2. The van der Waals surface area contributed by atoms with E-state index in [4.69, 9.17) is 23.2 Å². The lowest BCUT2D eigenvalue weighted by Gasteiger charge is -2.07. The Kier molecular flexibility index (Phi) is 3.32. The van der Waals surface area contributed by atoms with Gasteiger partial charge in [-0.25, -0.2) is 0 Å². The van der Waals surface area contributed by atoms with Crippen molar-refractivity contribution in [2.45, 2.75) is 6.54 Å². The van der Waals surface area contributed by atoms with Crippen molar-refractivity contribution >= 4 is 39.8 Å². The van der Waals surface area contributed by atoms with Gasteiger partial charge in [-0.05, 0) is 35.9 Å². The van der Waals surface area contributed by atoms with Crippen molar-refractivity contribution < 1.29 is 0 Å². The highest BCUT2D eigenvalue weighted by Crippen LogP contribution is 2.23. The van der Waals surface area contributed by atoms with E-state index < -0.39 is 0 Å². The van der Waals surface area contributed by atoms with Gasteiger partial charge in [-0.3, -0.25) is 5.10 Å². The summed E-state index contributed by atoms with van der Waals surface area (Å²) < 4.78 is 0. The molecule has 0 amide bonds. The van der Waals surface area contributed by atoms with Crippen LogP contribution in [-0.4, -0.2) is 10.2 Å². The lowest BCUT2D eigenvalue weighted by Crippen LogP contribution is -1.99. The first-order valence-electron chi connectivity index (χ1n) is 5.83. The van der Waals surface area contributed by atoms with Crippen molar-refractivity contribution in [3.63, 3.8) is 0 Å². The van der Waals surface area contributed by atoms with Gasteiger partial charge in [0.25, 0.3) is 0 Å². The normalized spacial score (nSPS) is 10.8. The molecule has 0 aliphatic rings. The van der Waals surface area contributed by atoms with Crippen molar-refractivity contribution in [1.82, 2.24) is 10.2 Å². The molecule has 0 radical (unpaired) electrons. The monoisotopic (exact) mass is 291 g/mol. The number of hydrogen-bond acceptors (Lipinski definition) is 2. The maximum Gasteiger partial charge on any atom is 0.0670 e. The van der Waals surface area contributed by atoms with Gasteiger partial charge in [0.05, 0.1) is 21.8 Å². The summed E-state index contributed by atoms with van der Waals surface area (Å²) in [6, 6.07) is 11.7. The molecular weight excluding hydrogens is 281 g/mol. The van der Waals surface area contributed by atoms with Gasteiger partial charge in [0.15, 0.2) is 0 Å². The van der Waals surface area contributed by atoms with Crippen LogP contribution in [0.3, 0.4) is 0 Å². The minimum absolute atomic E-state index is 0.573. The average Bonchev–Trinajstić information content (AvgIpc) is 2.87. The predicted molar refractivity (Wildman–Crippen MR) is 79.9 cm³/mol. The standard InChI is InChI=1S/C14H11Cl2N3/c15-12-4-1-9(5-13(12)16)7-17-11-3-2-10-8-18-19-14(10)6-11/h1-6,8,17H,7H2,(H,18,19). The molecule has 0 saturated heterocycles. The molecule has 19 heavy (non-hydrogen) atoms. The van der Waals surface area contributed by atoms with Gasteiger partial charge in [-0.15, -0.1) is 0 Å². The summed E-state index contributed by atoms with van der Waals surface area (Å²) >= 11 is 11.9. The Morgan fingerprint density at radius 2 is 1.95 bits per heavy atom. The Morgan fingerprint density at radius 1 is 1.05 bits per heavy atom. The summed E-state index contributed by atoms with van der Waals surface area (Å²) in [6.45, 7) is 0.691. The van der Waals surface area contributed by atoms with Crippen LogP contribution in [-0.2, 0) is 6.54 Å². The summed E-state index contributed by atoms with van der Waals surface area (Å²) in [4.78, 5) is 0. The summed E-state index contributed by atoms with van der Waals surface area (Å²) in [5.74, 6) is 0. The SMILES string of the molecule is Clc1ccc(CNc2ccc3cn[nH]c3c2)cc1Cl. The first-order valence-corrected chi connectivity index (χ1v) is 6.59. The van der Waals surface area contributed by atoms with Gasteiger partial charge >= 0.3 is 0 Å². The van der Waals surface area contributed by atoms with E-state index in [1.165, 1.54) is 0 Å². The summed E-state index contributed by atoms with van der Waals surface area (Å²) in [7, 11) is 0. The fraction of sp³-hybridized carbons (Fsp3) is 0.0714. The first-order chi connectivity index (χ1) is 9.22. The van der Waals surface area contributed by atoms with Gasteiger partial charge < -0.3 is 5.32 Å². The molecule has 0 aliphatic heterocycles. The number of nitrogens with one attached hydrogen (secondary N) is 2.